The van der Waals surface area contributed by atoms with Gasteiger partial charge < -0.3 is 15.8 Å². The molecule has 20 heavy (non-hydrogen) atoms. The van der Waals surface area contributed by atoms with Gasteiger partial charge in [-0.15, -0.1) is 0 Å². The molecule has 0 radical (unpaired) electrons. The van der Waals surface area contributed by atoms with E-state index in [0.717, 1.165) is 0 Å². The molecule has 0 aromatic heterocycles. The molecule has 0 fully saturated rings. The summed E-state index contributed by atoms with van der Waals surface area (Å²) in [5, 5.41) is 2.87. The van der Waals surface area contributed by atoms with Crippen LogP contribution in [0.25, 0.3) is 0 Å². The van der Waals surface area contributed by atoms with Crippen LogP contribution >= 0.6 is 0 Å². The van der Waals surface area contributed by atoms with Gasteiger partial charge in [-0.2, -0.15) is 0 Å². The second-order valence-corrected chi connectivity index (χ2v) is 6.15. The van der Waals surface area contributed by atoms with Gasteiger partial charge in [-0.25, -0.2) is 0 Å². The Morgan fingerprint density at radius 3 is 2.80 bits per heavy atom. The van der Waals surface area contributed by atoms with Gasteiger partial charge >= 0.3 is 0 Å². The number of carbonyl (C=O) groups excluding carboxylic acids is 1. The van der Waals surface area contributed by atoms with E-state index in [2.05, 4.69) is 5.32 Å². The topological polar surface area (TPSA) is 81.4 Å². The first-order chi connectivity index (χ1) is 9.45. The van der Waals surface area contributed by atoms with Crippen molar-refractivity contribution in [1.82, 2.24) is 5.32 Å². The van der Waals surface area contributed by atoms with Gasteiger partial charge in [0.15, 0.2) is 5.75 Å². The maximum absolute atomic E-state index is 12.2. The summed E-state index contributed by atoms with van der Waals surface area (Å²) >= 11 is 0. The summed E-state index contributed by atoms with van der Waals surface area (Å²) in [4.78, 5) is 12.2. The molecule has 0 bridgehead atoms. The van der Waals surface area contributed by atoms with Crippen LogP contribution in [0.5, 0.6) is 5.75 Å². The molecule has 2 atom stereocenters. The van der Waals surface area contributed by atoms with Crippen molar-refractivity contribution in [2.24, 2.45) is 0 Å². The van der Waals surface area contributed by atoms with E-state index < -0.39 is 10.8 Å². The molecule has 1 rings (SSSR count). The molecule has 0 aliphatic heterocycles. The minimum absolute atomic E-state index is 0.0534. The predicted molar refractivity (Wildman–Crippen MR) is 82.5 cm³/mol. The van der Waals surface area contributed by atoms with Crippen molar-refractivity contribution in [3.8, 4) is 5.75 Å². The van der Waals surface area contributed by atoms with E-state index in [0.29, 0.717) is 35.8 Å². The zero-order valence-corrected chi connectivity index (χ0v) is 13.0. The van der Waals surface area contributed by atoms with Gasteiger partial charge in [0.2, 0.25) is 0 Å². The number of nitrogens with one attached hydrogen (secondary N) is 1. The third-order valence-corrected chi connectivity index (χ3v) is 3.61. The summed E-state index contributed by atoms with van der Waals surface area (Å²) in [6, 6.07) is 5.05. The Morgan fingerprint density at radius 2 is 2.20 bits per heavy atom. The van der Waals surface area contributed by atoms with Crippen LogP contribution < -0.4 is 15.8 Å². The highest BCUT2D eigenvalue weighted by Crippen LogP contribution is 2.26. The minimum Gasteiger partial charge on any atom is -0.491 e. The highest BCUT2D eigenvalue weighted by molar-refractivity contribution is 7.84. The summed E-state index contributed by atoms with van der Waals surface area (Å²) in [6.07, 6.45) is 2.32. The van der Waals surface area contributed by atoms with Crippen LogP contribution in [-0.2, 0) is 10.8 Å². The van der Waals surface area contributed by atoms with Crippen LogP contribution in [0.2, 0.25) is 0 Å². The van der Waals surface area contributed by atoms with E-state index in [9.17, 15) is 9.00 Å². The fourth-order valence-corrected chi connectivity index (χ4v) is 2.44. The average molecular weight is 298 g/mol. The van der Waals surface area contributed by atoms with Gasteiger partial charge in [0, 0.05) is 28.9 Å². The standard InChI is InChI=1S/C14H22N2O3S/c1-4-19-13-11(6-5-7-12(13)15)14(17)16-10(2)8-9-20(3)18/h5-7,10H,4,8-9,15H2,1-3H3,(H,16,17). The number of hydrogen-bond acceptors (Lipinski definition) is 4. The molecule has 0 saturated carbocycles. The lowest BCUT2D eigenvalue weighted by Crippen LogP contribution is -2.33. The molecule has 1 aromatic carbocycles. The molecule has 0 saturated heterocycles. The van der Waals surface area contributed by atoms with Crippen LogP contribution in [-0.4, -0.2) is 34.8 Å². The van der Waals surface area contributed by atoms with E-state index in [4.69, 9.17) is 10.5 Å². The number of ether oxygens (including phenoxy) is 1. The maximum Gasteiger partial charge on any atom is 0.255 e. The molecular weight excluding hydrogens is 276 g/mol. The van der Waals surface area contributed by atoms with Gasteiger partial charge in [0.25, 0.3) is 5.91 Å². The van der Waals surface area contributed by atoms with Gasteiger partial charge in [-0.05, 0) is 32.4 Å². The highest BCUT2D eigenvalue weighted by atomic mass is 32.2. The number of hydrogen-bond donors (Lipinski definition) is 2. The normalized spacial score (nSPS) is 13.6. The average Bonchev–Trinajstić information content (AvgIpc) is 2.38. The number of anilines is 1. The number of benzene rings is 1. The van der Waals surface area contributed by atoms with Gasteiger partial charge in [0.05, 0.1) is 17.9 Å². The van der Waals surface area contributed by atoms with E-state index in [1.54, 1.807) is 24.5 Å². The predicted octanol–water partition coefficient (Wildman–Crippen LogP) is 1.55. The molecule has 0 heterocycles. The summed E-state index contributed by atoms with van der Waals surface area (Å²) in [7, 11) is -0.853. The minimum atomic E-state index is -0.853. The van der Waals surface area contributed by atoms with Crippen LogP contribution in [0, 0.1) is 0 Å². The molecule has 0 aliphatic carbocycles. The summed E-state index contributed by atoms with van der Waals surface area (Å²) in [5.41, 5.74) is 6.70. The smallest absolute Gasteiger partial charge is 0.255 e. The molecule has 2 unspecified atom stereocenters. The lowest BCUT2D eigenvalue weighted by Gasteiger charge is -2.16. The first-order valence-corrected chi connectivity index (χ1v) is 8.30. The Hall–Kier alpha value is -1.56. The van der Waals surface area contributed by atoms with E-state index in [1.807, 2.05) is 13.8 Å². The highest BCUT2D eigenvalue weighted by Gasteiger charge is 2.16. The Bertz CT molecular complexity index is 491. The molecule has 112 valence electrons. The fraction of sp³-hybridized carbons (Fsp3) is 0.500. The Kier molecular flexibility index (Phi) is 6.51. The van der Waals surface area contributed by atoms with Crippen molar-refractivity contribution < 1.29 is 13.7 Å². The number of nitrogens with two attached hydrogens (primary N) is 1. The zero-order valence-electron chi connectivity index (χ0n) is 12.1. The Labute approximate surface area is 122 Å². The first kappa shape index (κ1) is 16.5. The van der Waals surface area contributed by atoms with E-state index >= 15 is 0 Å². The fourth-order valence-electron chi connectivity index (χ4n) is 1.76. The quantitative estimate of drug-likeness (QED) is 0.748. The third kappa shape index (κ3) is 4.85. The van der Waals surface area contributed by atoms with Crippen LogP contribution in [0.15, 0.2) is 18.2 Å². The number of para-hydroxylation sites is 1. The SMILES string of the molecule is CCOc1c(N)cccc1C(=O)NC(C)CCS(C)=O. The largest absolute Gasteiger partial charge is 0.491 e. The molecule has 1 amide bonds. The number of rotatable bonds is 7. The molecule has 3 N–H and O–H groups in total. The van der Waals surface area contributed by atoms with Gasteiger partial charge in [-0.3, -0.25) is 9.00 Å². The van der Waals surface area contributed by atoms with Crippen LogP contribution in [0.4, 0.5) is 5.69 Å². The van der Waals surface area contributed by atoms with Crippen molar-refractivity contribution in [1.29, 1.82) is 0 Å². The second kappa shape index (κ2) is 7.89. The van der Waals surface area contributed by atoms with Gasteiger partial charge in [-0.1, -0.05) is 6.07 Å². The first-order valence-electron chi connectivity index (χ1n) is 6.57. The van der Waals surface area contributed by atoms with Crippen molar-refractivity contribution in [2.45, 2.75) is 26.3 Å². The van der Waals surface area contributed by atoms with Crippen LogP contribution in [0.3, 0.4) is 0 Å². The van der Waals surface area contributed by atoms with Crippen molar-refractivity contribution >= 4 is 22.4 Å². The molecule has 6 heteroatoms. The number of carbonyl (C=O) groups is 1. The van der Waals surface area contributed by atoms with Gasteiger partial charge in [0.1, 0.15) is 0 Å². The summed E-state index contributed by atoms with van der Waals surface area (Å²) < 4.78 is 16.5. The van der Waals surface area contributed by atoms with E-state index in [1.165, 1.54) is 0 Å². The number of nitrogen functional groups attached to an aromatic ring is 1. The molecule has 1 aromatic rings. The van der Waals surface area contributed by atoms with Crippen LogP contribution in [0.1, 0.15) is 30.6 Å². The maximum atomic E-state index is 12.2. The lowest BCUT2D eigenvalue weighted by atomic mass is 10.1. The molecule has 0 spiro atoms. The van der Waals surface area contributed by atoms with Crippen molar-refractivity contribution in [2.75, 3.05) is 24.3 Å². The Balaban J connectivity index is 2.76. The van der Waals surface area contributed by atoms with Crippen molar-refractivity contribution in [3.05, 3.63) is 23.8 Å². The summed E-state index contributed by atoms with van der Waals surface area (Å²) in [5.74, 6) is 0.755. The van der Waals surface area contributed by atoms with E-state index in [-0.39, 0.29) is 11.9 Å². The third-order valence-electron chi connectivity index (χ3n) is 2.79. The lowest BCUT2D eigenvalue weighted by molar-refractivity contribution is 0.0935. The monoisotopic (exact) mass is 298 g/mol. The number of amides is 1. The Morgan fingerprint density at radius 1 is 1.50 bits per heavy atom. The summed E-state index contributed by atoms with van der Waals surface area (Å²) in [6.45, 7) is 4.17. The van der Waals surface area contributed by atoms with Crippen molar-refractivity contribution in [3.63, 3.8) is 0 Å². The molecule has 5 nitrogen and oxygen atoms in total. The molecule has 0 aliphatic rings. The zero-order chi connectivity index (χ0) is 15.1. The molecular formula is C14H22N2O3S. The second-order valence-electron chi connectivity index (χ2n) is 4.60.